The number of nitrogens with zero attached hydrogens (tertiary/aromatic N) is 3. The first kappa shape index (κ1) is 11.1. The Morgan fingerprint density at radius 3 is 2.81 bits per heavy atom. The van der Waals surface area contributed by atoms with Crippen molar-refractivity contribution in [3.8, 4) is 0 Å². The molecule has 0 aromatic carbocycles. The van der Waals surface area contributed by atoms with Gasteiger partial charge in [0.15, 0.2) is 0 Å². The van der Waals surface area contributed by atoms with E-state index < -0.39 is 5.97 Å². The number of aromatic nitrogens is 2. The van der Waals surface area contributed by atoms with E-state index in [4.69, 9.17) is 16.7 Å². The molecule has 0 bridgehead atoms. The monoisotopic (exact) mass is 257 g/mol. The Morgan fingerprint density at radius 1 is 1.56 bits per heavy atom. The van der Waals surface area contributed by atoms with E-state index in [2.05, 4.69) is 9.97 Å². The Hall–Kier alpha value is -1.40. The molecule has 7 heteroatoms. The molecule has 0 spiro atoms. The van der Waals surface area contributed by atoms with Crippen molar-refractivity contribution in [3.63, 3.8) is 0 Å². The van der Waals surface area contributed by atoms with E-state index in [1.807, 2.05) is 0 Å². The van der Waals surface area contributed by atoms with Crippen LogP contribution >= 0.6 is 22.9 Å². The van der Waals surface area contributed by atoms with Crippen LogP contribution in [0.25, 0.3) is 10.3 Å². The lowest BCUT2D eigenvalue weighted by Gasteiger charge is -2.11. The van der Waals surface area contributed by atoms with Crippen molar-refractivity contribution in [3.05, 3.63) is 16.2 Å². The molecular formula is C9H8ClN3O2S. The molecule has 2 rings (SSSR count). The SMILES string of the molecule is CN(C)c1c(C(=O)O)sc2nc(Cl)cnc12. The van der Waals surface area contributed by atoms with Gasteiger partial charge in [0.2, 0.25) is 0 Å². The maximum Gasteiger partial charge on any atom is 0.348 e. The molecule has 0 saturated heterocycles. The quantitative estimate of drug-likeness (QED) is 0.893. The molecule has 84 valence electrons. The molecule has 5 nitrogen and oxygen atoms in total. The van der Waals surface area contributed by atoms with Crippen LogP contribution in [0, 0.1) is 0 Å². The van der Waals surface area contributed by atoms with Gasteiger partial charge < -0.3 is 10.0 Å². The molecule has 2 aromatic rings. The second kappa shape index (κ2) is 3.88. The van der Waals surface area contributed by atoms with Crippen LogP contribution in [-0.2, 0) is 0 Å². The third-order valence-electron chi connectivity index (χ3n) is 1.99. The summed E-state index contributed by atoms with van der Waals surface area (Å²) in [5.41, 5.74) is 1.13. The van der Waals surface area contributed by atoms with E-state index in [9.17, 15) is 4.79 Å². The summed E-state index contributed by atoms with van der Waals surface area (Å²) in [6.07, 6.45) is 1.41. The van der Waals surface area contributed by atoms with Crippen LogP contribution in [0.2, 0.25) is 5.15 Å². The summed E-state index contributed by atoms with van der Waals surface area (Å²) >= 11 is 6.79. The number of hydrogen-bond acceptors (Lipinski definition) is 5. The zero-order chi connectivity index (χ0) is 11.9. The fourth-order valence-corrected chi connectivity index (χ4v) is 2.63. The van der Waals surface area contributed by atoms with E-state index >= 15 is 0 Å². The summed E-state index contributed by atoms with van der Waals surface area (Å²) in [5.74, 6) is -0.982. The van der Waals surface area contributed by atoms with Crippen molar-refractivity contribution in [1.82, 2.24) is 9.97 Å². The summed E-state index contributed by atoms with van der Waals surface area (Å²) < 4.78 is 0. The highest BCUT2D eigenvalue weighted by Gasteiger charge is 2.21. The Morgan fingerprint density at radius 2 is 2.25 bits per heavy atom. The average Bonchev–Trinajstić information content (AvgIpc) is 2.55. The summed E-state index contributed by atoms with van der Waals surface area (Å²) in [6.45, 7) is 0. The standard InChI is InChI=1S/C9H8ClN3O2S/c1-13(2)6-5-8(12-4(10)3-11-5)16-7(6)9(14)15/h3H,1-2H3,(H,14,15). The zero-order valence-electron chi connectivity index (χ0n) is 8.56. The van der Waals surface area contributed by atoms with E-state index in [0.717, 1.165) is 11.3 Å². The lowest BCUT2D eigenvalue weighted by atomic mass is 10.3. The zero-order valence-corrected chi connectivity index (χ0v) is 10.1. The first-order valence-electron chi connectivity index (χ1n) is 4.36. The van der Waals surface area contributed by atoms with E-state index in [1.54, 1.807) is 19.0 Å². The lowest BCUT2D eigenvalue weighted by Crippen LogP contribution is -2.12. The van der Waals surface area contributed by atoms with Crippen molar-refractivity contribution < 1.29 is 9.90 Å². The molecule has 0 unspecified atom stereocenters. The molecule has 1 N–H and O–H groups in total. The molecular weight excluding hydrogens is 250 g/mol. The Bertz CT molecular complexity index is 567. The number of carboxylic acid groups (broad SMARTS) is 1. The number of aromatic carboxylic acids is 1. The summed E-state index contributed by atoms with van der Waals surface area (Å²) in [7, 11) is 3.54. The molecule has 0 aliphatic heterocycles. The minimum absolute atomic E-state index is 0.224. The highest BCUT2D eigenvalue weighted by Crippen LogP contribution is 2.35. The number of carbonyl (C=O) groups is 1. The first-order chi connectivity index (χ1) is 7.50. The minimum Gasteiger partial charge on any atom is -0.477 e. The van der Waals surface area contributed by atoms with Crippen molar-refractivity contribution >= 4 is 44.9 Å². The molecule has 2 aromatic heterocycles. The Labute approximate surface area is 100 Å². The molecule has 0 saturated carbocycles. The lowest BCUT2D eigenvalue weighted by molar-refractivity contribution is 0.0703. The van der Waals surface area contributed by atoms with Gasteiger partial charge in [-0.25, -0.2) is 14.8 Å². The fraction of sp³-hybridized carbons (Fsp3) is 0.222. The summed E-state index contributed by atoms with van der Waals surface area (Å²) in [5, 5.41) is 9.34. The molecule has 0 fully saturated rings. The summed E-state index contributed by atoms with van der Waals surface area (Å²) in [4.78, 5) is 21.7. The number of thiophene rings is 1. The highest BCUT2D eigenvalue weighted by molar-refractivity contribution is 7.21. The van der Waals surface area contributed by atoms with E-state index in [-0.39, 0.29) is 10.0 Å². The maximum atomic E-state index is 11.1. The van der Waals surface area contributed by atoms with Gasteiger partial charge in [-0.2, -0.15) is 0 Å². The van der Waals surface area contributed by atoms with Crippen molar-refractivity contribution in [2.24, 2.45) is 0 Å². The number of carboxylic acids is 1. The molecule has 0 amide bonds. The number of fused-ring (bicyclic) bond motifs is 1. The number of halogens is 1. The first-order valence-corrected chi connectivity index (χ1v) is 5.56. The topological polar surface area (TPSA) is 66.3 Å². The second-order valence-corrected chi connectivity index (χ2v) is 4.71. The third-order valence-corrected chi connectivity index (χ3v) is 3.22. The molecule has 0 aliphatic rings. The molecule has 2 heterocycles. The highest BCUT2D eigenvalue weighted by atomic mass is 35.5. The predicted octanol–water partition coefficient (Wildman–Crippen LogP) is 2.11. The van der Waals surface area contributed by atoms with Gasteiger partial charge in [0.1, 0.15) is 20.4 Å². The molecule has 16 heavy (non-hydrogen) atoms. The van der Waals surface area contributed by atoms with Gasteiger partial charge >= 0.3 is 5.97 Å². The van der Waals surface area contributed by atoms with Gasteiger partial charge in [-0.15, -0.1) is 11.3 Å². The largest absolute Gasteiger partial charge is 0.477 e. The minimum atomic E-state index is -0.982. The third kappa shape index (κ3) is 1.70. The van der Waals surface area contributed by atoms with Crippen LogP contribution in [0.3, 0.4) is 0 Å². The summed E-state index contributed by atoms with van der Waals surface area (Å²) in [6, 6.07) is 0. The normalized spacial score (nSPS) is 10.7. The fourth-order valence-electron chi connectivity index (χ4n) is 1.40. The smallest absolute Gasteiger partial charge is 0.348 e. The van der Waals surface area contributed by atoms with Crippen LogP contribution in [-0.4, -0.2) is 35.1 Å². The van der Waals surface area contributed by atoms with Crippen molar-refractivity contribution in [1.29, 1.82) is 0 Å². The van der Waals surface area contributed by atoms with Crippen LogP contribution in [0.4, 0.5) is 5.69 Å². The van der Waals surface area contributed by atoms with Crippen LogP contribution in [0.5, 0.6) is 0 Å². The van der Waals surface area contributed by atoms with Crippen molar-refractivity contribution in [2.75, 3.05) is 19.0 Å². The number of rotatable bonds is 2. The molecule has 0 aliphatic carbocycles. The number of anilines is 1. The Balaban J connectivity index is 2.81. The average molecular weight is 258 g/mol. The van der Waals surface area contributed by atoms with Gasteiger partial charge in [-0.3, -0.25) is 0 Å². The van der Waals surface area contributed by atoms with E-state index in [0.29, 0.717) is 16.0 Å². The van der Waals surface area contributed by atoms with E-state index in [1.165, 1.54) is 6.20 Å². The predicted molar refractivity (Wildman–Crippen MR) is 63.7 cm³/mol. The van der Waals surface area contributed by atoms with Crippen LogP contribution in [0.1, 0.15) is 9.67 Å². The number of hydrogen-bond donors (Lipinski definition) is 1. The van der Waals surface area contributed by atoms with Gasteiger partial charge in [-0.05, 0) is 0 Å². The Kier molecular flexibility index (Phi) is 2.69. The van der Waals surface area contributed by atoms with Gasteiger partial charge in [0.25, 0.3) is 0 Å². The second-order valence-electron chi connectivity index (χ2n) is 3.33. The van der Waals surface area contributed by atoms with Crippen LogP contribution in [0.15, 0.2) is 6.20 Å². The van der Waals surface area contributed by atoms with Gasteiger partial charge in [0.05, 0.1) is 11.9 Å². The van der Waals surface area contributed by atoms with Gasteiger partial charge in [0, 0.05) is 14.1 Å². The van der Waals surface area contributed by atoms with Crippen molar-refractivity contribution in [2.45, 2.75) is 0 Å². The maximum absolute atomic E-state index is 11.1. The van der Waals surface area contributed by atoms with Gasteiger partial charge in [-0.1, -0.05) is 11.6 Å². The molecule has 0 radical (unpaired) electrons. The van der Waals surface area contributed by atoms with Crippen LogP contribution < -0.4 is 4.90 Å². The molecule has 0 atom stereocenters.